The van der Waals surface area contributed by atoms with Crippen molar-refractivity contribution in [3.05, 3.63) is 29.6 Å². The Balaban J connectivity index is 0.00000220. The molecule has 0 aliphatic carbocycles. The third kappa shape index (κ3) is 5.46. The molecule has 0 radical (unpaired) electrons. The van der Waals surface area contributed by atoms with Crippen LogP contribution >= 0.6 is 12.4 Å². The molecule has 2 rings (SSSR count). The van der Waals surface area contributed by atoms with Crippen LogP contribution < -0.4 is 10.1 Å². The van der Waals surface area contributed by atoms with Gasteiger partial charge in [-0.1, -0.05) is 6.07 Å². The van der Waals surface area contributed by atoms with Crippen molar-refractivity contribution in [2.75, 3.05) is 33.3 Å². The standard InChI is InChI=1S/C16H25FN2O.ClH/c1-3-20-16-5-4-14(10-15(16)17)12-19-8-6-13(7-9-19)11-18-2;/h4-5,10,13,18H,3,6-9,11-12H2,1-2H3;1H. The minimum Gasteiger partial charge on any atom is -0.491 e. The van der Waals surface area contributed by atoms with Gasteiger partial charge in [0, 0.05) is 6.54 Å². The number of hydrogen-bond donors (Lipinski definition) is 1. The molecule has 3 nitrogen and oxygen atoms in total. The van der Waals surface area contributed by atoms with E-state index in [-0.39, 0.29) is 18.2 Å². The molecule has 0 amide bonds. The maximum absolute atomic E-state index is 13.8. The molecule has 1 saturated heterocycles. The predicted octanol–water partition coefficient (Wildman–Crippen LogP) is 3.08. The van der Waals surface area contributed by atoms with Crippen LogP contribution in [0.1, 0.15) is 25.3 Å². The minimum absolute atomic E-state index is 0. The van der Waals surface area contributed by atoms with Crippen LogP contribution in [-0.2, 0) is 6.54 Å². The number of piperidine rings is 1. The Hall–Kier alpha value is -0.840. The van der Waals surface area contributed by atoms with Gasteiger partial charge in [0.1, 0.15) is 0 Å². The summed E-state index contributed by atoms with van der Waals surface area (Å²) in [5, 5.41) is 3.25. The number of nitrogens with zero attached hydrogens (tertiary/aromatic N) is 1. The number of halogens is 2. The second-order valence-electron chi connectivity index (χ2n) is 5.47. The van der Waals surface area contributed by atoms with Gasteiger partial charge in [0.2, 0.25) is 0 Å². The van der Waals surface area contributed by atoms with E-state index in [1.54, 1.807) is 12.1 Å². The first kappa shape index (κ1) is 18.2. The molecule has 1 aromatic rings. The summed E-state index contributed by atoms with van der Waals surface area (Å²) < 4.78 is 19.0. The Bertz CT molecular complexity index is 423. The van der Waals surface area contributed by atoms with E-state index in [0.717, 1.165) is 37.7 Å². The highest BCUT2D eigenvalue weighted by molar-refractivity contribution is 5.85. The highest BCUT2D eigenvalue weighted by Crippen LogP contribution is 2.22. The van der Waals surface area contributed by atoms with Gasteiger partial charge in [0.15, 0.2) is 11.6 Å². The first-order valence-electron chi connectivity index (χ1n) is 7.51. The molecule has 1 fully saturated rings. The summed E-state index contributed by atoms with van der Waals surface area (Å²) in [6.07, 6.45) is 2.45. The van der Waals surface area contributed by atoms with E-state index in [2.05, 4.69) is 10.2 Å². The first-order valence-corrected chi connectivity index (χ1v) is 7.51. The smallest absolute Gasteiger partial charge is 0.165 e. The van der Waals surface area contributed by atoms with Crippen LogP contribution in [0.2, 0.25) is 0 Å². The van der Waals surface area contributed by atoms with Crippen LogP contribution in [0.15, 0.2) is 18.2 Å². The van der Waals surface area contributed by atoms with Crippen molar-refractivity contribution < 1.29 is 9.13 Å². The Morgan fingerprint density at radius 1 is 1.33 bits per heavy atom. The Morgan fingerprint density at radius 2 is 2.05 bits per heavy atom. The van der Waals surface area contributed by atoms with Gasteiger partial charge in [-0.3, -0.25) is 4.90 Å². The van der Waals surface area contributed by atoms with Crippen molar-refractivity contribution in [1.82, 2.24) is 10.2 Å². The van der Waals surface area contributed by atoms with E-state index in [9.17, 15) is 4.39 Å². The van der Waals surface area contributed by atoms with Gasteiger partial charge in [-0.15, -0.1) is 12.4 Å². The third-order valence-corrected chi connectivity index (χ3v) is 3.90. The number of hydrogen-bond acceptors (Lipinski definition) is 3. The number of rotatable bonds is 6. The summed E-state index contributed by atoms with van der Waals surface area (Å²) in [7, 11) is 2.01. The van der Waals surface area contributed by atoms with Gasteiger partial charge in [0.25, 0.3) is 0 Å². The molecule has 1 N–H and O–H groups in total. The zero-order valence-electron chi connectivity index (χ0n) is 12.9. The lowest BCUT2D eigenvalue weighted by Gasteiger charge is -2.31. The van der Waals surface area contributed by atoms with Gasteiger partial charge < -0.3 is 10.1 Å². The molecular weight excluding hydrogens is 291 g/mol. The molecule has 0 bridgehead atoms. The largest absolute Gasteiger partial charge is 0.491 e. The van der Waals surface area contributed by atoms with Crippen molar-refractivity contribution in [1.29, 1.82) is 0 Å². The van der Waals surface area contributed by atoms with Crippen molar-refractivity contribution in [2.24, 2.45) is 5.92 Å². The molecule has 5 heteroatoms. The molecule has 1 aliphatic rings. The fourth-order valence-electron chi connectivity index (χ4n) is 2.81. The summed E-state index contributed by atoms with van der Waals surface area (Å²) in [6, 6.07) is 5.31. The van der Waals surface area contributed by atoms with Crippen LogP contribution in [-0.4, -0.2) is 38.2 Å². The topological polar surface area (TPSA) is 24.5 Å². The monoisotopic (exact) mass is 316 g/mol. The maximum Gasteiger partial charge on any atom is 0.165 e. The quantitative estimate of drug-likeness (QED) is 0.873. The lowest BCUT2D eigenvalue weighted by Crippen LogP contribution is -2.36. The molecule has 0 atom stereocenters. The zero-order chi connectivity index (χ0) is 14.4. The molecule has 120 valence electrons. The molecule has 1 aromatic carbocycles. The predicted molar refractivity (Wildman–Crippen MR) is 86.7 cm³/mol. The second-order valence-corrected chi connectivity index (χ2v) is 5.47. The molecule has 1 aliphatic heterocycles. The number of benzene rings is 1. The Kier molecular flexibility index (Phi) is 8.01. The van der Waals surface area contributed by atoms with Gasteiger partial charge in [-0.2, -0.15) is 0 Å². The average Bonchev–Trinajstić information content (AvgIpc) is 2.44. The Morgan fingerprint density at radius 3 is 2.62 bits per heavy atom. The van der Waals surface area contributed by atoms with Crippen LogP contribution in [0.25, 0.3) is 0 Å². The molecular formula is C16H26ClFN2O. The zero-order valence-corrected chi connectivity index (χ0v) is 13.7. The van der Waals surface area contributed by atoms with Crippen LogP contribution in [0.3, 0.4) is 0 Å². The van der Waals surface area contributed by atoms with Crippen LogP contribution in [0.4, 0.5) is 4.39 Å². The Labute approximate surface area is 133 Å². The van der Waals surface area contributed by atoms with Crippen molar-refractivity contribution in [3.63, 3.8) is 0 Å². The first-order chi connectivity index (χ1) is 9.72. The lowest BCUT2D eigenvalue weighted by molar-refractivity contribution is 0.176. The lowest BCUT2D eigenvalue weighted by atomic mass is 9.96. The third-order valence-electron chi connectivity index (χ3n) is 3.90. The van der Waals surface area contributed by atoms with Crippen molar-refractivity contribution in [3.8, 4) is 5.75 Å². The summed E-state index contributed by atoms with van der Waals surface area (Å²) in [5.41, 5.74) is 1.03. The van der Waals surface area contributed by atoms with E-state index < -0.39 is 0 Å². The molecule has 0 saturated carbocycles. The van der Waals surface area contributed by atoms with Gasteiger partial charge in [0.05, 0.1) is 6.61 Å². The van der Waals surface area contributed by atoms with Crippen LogP contribution in [0.5, 0.6) is 5.75 Å². The summed E-state index contributed by atoms with van der Waals surface area (Å²) in [5.74, 6) is 0.881. The molecule has 21 heavy (non-hydrogen) atoms. The highest BCUT2D eigenvalue weighted by Gasteiger charge is 2.18. The van der Waals surface area contributed by atoms with Crippen molar-refractivity contribution in [2.45, 2.75) is 26.3 Å². The van der Waals surface area contributed by atoms with E-state index in [1.165, 1.54) is 12.8 Å². The average molecular weight is 317 g/mol. The SMILES string of the molecule is CCOc1ccc(CN2CCC(CNC)CC2)cc1F.Cl. The summed E-state index contributed by atoms with van der Waals surface area (Å²) in [4.78, 5) is 2.40. The minimum atomic E-state index is -0.255. The summed E-state index contributed by atoms with van der Waals surface area (Å²) >= 11 is 0. The fraction of sp³-hybridized carbons (Fsp3) is 0.625. The van der Waals surface area contributed by atoms with E-state index >= 15 is 0 Å². The molecule has 1 heterocycles. The fourth-order valence-corrected chi connectivity index (χ4v) is 2.81. The number of ether oxygens (including phenoxy) is 1. The van der Waals surface area contributed by atoms with E-state index in [1.807, 2.05) is 20.0 Å². The van der Waals surface area contributed by atoms with E-state index in [0.29, 0.717) is 12.4 Å². The summed E-state index contributed by atoms with van der Waals surface area (Å²) in [6.45, 7) is 6.49. The normalized spacial score (nSPS) is 16.5. The number of nitrogens with one attached hydrogen (secondary N) is 1. The van der Waals surface area contributed by atoms with Gasteiger partial charge in [-0.25, -0.2) is 4.39 Å². The molecule has 0 spiro atoms. The van der Waals surface area contributed by atoms with Gasteiger partial charge in [-0.05, 0) is 70.1 Å². The number of likely N-dealkylation sites (tertiary alicyclic amines) is 1. The van der Waals surface area contributed by atoms with Gasteiger partial charge >= 0.3 is 0 Å². The molecule has 0 aromatic heterocycles. The van der Waals surface area contributed by atoms with Crippen molar-refractivity contribution >= 4 is 12.4 Å². The van der Waals surface area contributed by atoms with Crippen LogP contribution in [0, 0.1) is 11.7 Å². The molecule has 0 unspecified atom stereocenters. The highest BCUT2D eigenvalue weighted by atomic mass is 35.5. The second kappa shape index (κ2) is 9.23. The maximum atomic E-state index is 13.8. The van der Waals surface area contributed by atoms with E-state index in [4.69, 9.17) is 4.74 Å².